The number of nitrogens with one attached hydrogen (secondary N) is 1. The molecule has 9 nitrogen and oxygen atoms in total. The largest absolute Gasteiger partial charge is 0.383 e. The number of aromatic nitrogens is 2. The van der Waals surface area contributed by atoms with Gasteiger partial charge in [0.15, 0.2) is 0 Å². The van der Waals surface area contributed by atoms with Crippen molar-refractivity contribution in [3.05, 3.63) is 34.2 Å². The van der Waals surface area contributed by atoms with Crippen molar-refractivity contribution in [1.82, 2.24) is 19.4 Å². The van der Waals surface area contributed by atoms with Crippen LogP contribution in [-0.4, -0.2) is 69.9 Å². The topological polar surface area (TPSA) is 106 Å². The van der Waals surface area contributed by atoms with Crippen molar-refractivity contribution in [2.75, 3.05) is 26.7 Å². The summed E-state index contributed by atoms with van der Waals surface area (Å²) in [7, 11) is 3.71. The first kappa shape index (κ1) is 21.3. The average molecular weight is 426 g/mol. The van der Waals surface area contributed by atoms with Gasteiger partial charge in [0, 0.05) is 26.6 Å². The summed E-state index contributed by atoms with van der Waals surface area (Å²) in [5.41, 5.74) is 1.36. The van der Waals surface area contributed by atoms with Crippen molar-refractivity contribution in [3.8, 4) is 11.8 Å². The molecule has 1 aromatic heterocycles. The molecule has 0 spiro atoms. The van der Waals surface area contributed by atoms with Crippen molar-refractivity contribution in [2.24, 2.45) is 7.05 Å². The minimum atomic E-state index is -1.34. The number of likely N-dealkylation sites (tertiary alicyclic amines) is 1. The second-order valence-corrected chi connectivity index (χ2v) is 8.12. The van der Waals surface area contributed by atoms with E-state index in [1.54, 1.807) is 19.2 Å². The quantitative estimate of drug-likeness (QED) is 0.518. The van der Waals surface area contributed by atoms with Gasteiger partial charge in [-0.3, -0.25) is 24.0 Å². The van der Waals surface area contributed by atoms with Crippen LogP contribution in [0.4, 0.5) is 0 Å². The zero-order valence-corrected chi connectivity index (χ0v) is 17.6. The summed E-state index contributed by atoms with van der Waals surface area (Å²) in [5, 5.41) is 12.0. The molecular weight excluding hydrogens is 400 g/mol. The maximum absolute atomic E-state index is 12.9. The Morgan fingerprint density at radius 1 is 1.16 bits per heavy atom. The highest BCUT2D eigenvalue weighted by molar-refractivity contribution is 6.02. The smallest absolute Gasteiger partial charge is 0.329 e. The summed E-state index contributed by atoms with van der Waals surface area (Å²) < 4.78 is 8.63. The van der Waals surface area contributed by atoms with Crippen LogP contribution in [0.2, 0.25) is 0 Å². The van der Waals surface area contributed by atoms with Gasteiger partial charge < -0.3 is 14.7 Å². The van der Waals surface area contributed by atoms with Gasteiger partial charge in [0.05, 0.1) is 22.7 Å². The Kier molecular flexibility index (Phi) is 5.96. The predicted molar refractivity (Wildman–Crippen MR) is 113 cm³/mol. The Hall–Kier alpha value is -2.93. The van der Waals surface area contributed by atoms with Crippen LogP contribution in [-0.2, 0) is 21.4 Å². The summed E-state index contributed by atoms with van der Waals surface area (Å²) in [6.07, 6.45) is 0.700. The summed E-state index contributed by atoms with van der Waals surface area (Å²) in [6.45, 7) is 2.34. The number of imide groups is 1. The van der Waals surface area contributed by atoms with E-state index in [4.69, 9.17) is 4.74 Å². The number of amides is 2. The number of benzene rings is 1. The van der Waals surface area contributed by atoms with Crippen LogP contribution in [0.15, 0.2) is 23.0 Å². The third-order valence-corrected chi connectivity index (χ3v) is 5.99. The summed E-state index contributed by atoms with van der Waals surface area (Å²) in [5.74, 6) is 4.77. The number of aliphatic hydroxyl groups is 1. The molecule has 164 valence electrons. The first-order valence-electron chi connectivity index (χ1n) is 10.4. The number of piperidine rings is 2. The van der Waals surface area contributed by atoms with Crippen molar-refractivity contribution < 1.29 is 19.4 Å². The summed E-state index contributed by atoms with van der Waals surface area (Å²) in [4.78, 5) is 39.1. The zero-order chi connectivity index (χ0) is 22.1. The molecular formula is C22H26N4O5. The normalized spacial score (nSPS) is 22.9. The highest BCUT2D eigenvalue weighted by Gasteiger charge is 2.36. The molecule has 2 atom stereocenters. The van der Waals surface area contributed by atoms with Crippen LogP contribution in [0.25, 0.3) is 11.0 Å². The number of fused-ring (bicyclic) bond motifs is 1. The van der Waals surface area contributed by atoms with Crippen LogP contribution in [0, 0.1) is 11.8 Å². The molecule has 2 fully saturated rings. The zero-order valence-electron chi connectivity index (χ0n) is 17.6. The third-order valence-electron chi connectivity index (χ3n) is 5.99. The predicted octanol–water partition coefficient (Wildman–Crippen LogP) is -0.249. The van der Waals surface area contributed by atoms with Crippen LogP contribution in [0.5, 0.6) is 0 Å². The molecule has 1 aromatic carbocycles. The molecule has 0 bridgehead atoms. The van der Waals surface area contributed by atoms with E-state index in [1.165, 1.54) is 9.13 Å². The number of aryl methyl sites for hydroxylation is 1. The van der Waals surface area contributed by atoms with E-state index in [9.17, 15) is 19.5 Å². The fourth-order valence-corrected chi connectivity index (χ4v) is 4.22. The highest BCUT2D eigenvalue weighted by atomic mass is 16.5. The Balaban J connectivity index is 1.60. The number of carbonyl (C=O) groups is 2. The Bertz CT molecular complexity index is 1130. The second kappa shape index (κ2) is 8.67. The van der Waals surface area contributed by atoms with Gasteiger partial charge in [-0.1, -0.05) is 17.9 Å². The van der Waals surface area contributed by atoms with Gasteiger partial charge >= 0.3 is 5.69 Å². The summed E-state index contributed by atoms with van der Waals surface area (Å²) in [6, 6.07) is 4.34. The average Bonchev–Trinajstić information content (AvgIpc) is 3.00. The molecule has 2 saturated heterocycles. The lowest BCUT2D eigenvalue weighted by Crippen LogP contribution is -2.51. The van der Waals surface area contributed by atoms with Gasteiger partial charge in [-0.25, -0.2) is 4.79 Å². The fraction of sp³-hybridized carbons (Fsp3) is 0.500. The molecule has 0 saturated carbocycles. The van der Waals surface area contributed by atoms with Crippen molar-refractivity contribution in [2.45, 2.75) is 37.5 Å². The molecule has 3 heterocycles. The van der Waals surface area contributed by atoms with Crippen LogP contribution >= 0.6 is 0 Å². The van der Waals surface area contributed by atoms with E-state index in [2.05, 4.69) is 29.1 Å². The minimum absolute atomic E-state index is 0.149. The summed E-state index contributed by atoms with van der Waals surface area (Å²) >= 11 is 0. The van der Waals surface area contributed by atoms with E-state index >= 15 is 0 Å². The maximum atomic E-state index is 12.9. The van der Waals surface area contributed by atoms with Gasteiger partial charge in [0.2, 0.25) is 5.91 Å². The maximum Gasteiger partial charge on any atom is 0.329 e. The van der Waals surface area contributed by atoms with Gasteiger partial charge in [0.1, 0.15) is 18.8 Å². The monoisotopic (exact) mass is 426 g/mol. The molecule has 2 N–H and O–H groups in total. The van der Waals surface area contributed by atoms with Crippen LogP contribution in [0.1, 0.15) is 30.9 Å². The van der Waals surface area contributed by atoms with E-state index in [0.717, 1.165) is 25.9 Å². The number of para-hydroxylation sites is 1. The number of rotatable bonds is 3. The third kappa shape index (κ3) is 4.14. The van der Waals surface area contributed by atoms with Crippen LogP contribution in [0.3, 0.4) is 0 Å². The number of hydrogen-bond acceptors (Lipinski definition) is 6. The second-order valence-electron chi connectivity index (χ2n) is 8.12. The van der Waals surface area contributed by atoms with Gasteiger partial charge in [-0.05, 0) is 32.0 Å². The molecule has 0 aliphatic carbocycles. The van der Waals surface area contributed by atoms with E-state index in [-0.39, 0.29) is 12.5 Å². The van der Waals surface area contributed by atoms with Gasteiger partial charge in [0.25, 0.3) is 5.91 Å². The molecule has 4 rings (SSSR count). The molecule has 2 aromatic rings. The minimum Gasteiger partial charge on any atom is -0.383 e. The first-order chi connectivity index (χ1) is 14.9. The lowest BCUT2D eigenvalue weighted by Gasteiger charge is -2.28. The number of carbonyl (C=O) groups excluding carboxylic acids is 2. The first-order valence-corrected chi connectivity index (χ1v) is 10.4. The molecule has 2 unspecified atom stereocenters. The van der Waals surface area contributed by atoms with Crippen molar-refractivity contribution in [3.63, 3.8) is 0 Å². The number of imidazole rings is 1. The Morgan fingerprint density at radius 3 is 2.65 bits per heavy atom. The lowest BCUT2D eigenvalue weighted by atomic mass is 10.0. The van der Waals surface area contributed by atoms with Gasteiger partial charge in [-0.2, -0.15) is 0 Å². The SMILES string of the molecule is CN1CCC(OCC#Cc2cccc3c2n(C)c(=O)n3C2CC(O)C(=O)NC2=O)CC1. The lowest BCUT2D eigenvalue weighted by molar-refractivity contribution is -0.143. The Morgan fingerprint density at radius 2 is 1.90 bits per heavy atom. The standard InChI is InChI=1S/C22H26N4O5/c1-24-10-8-15(9-11-24)31-12-4-6-14-5-3-7-16-19(14)25(2)22(30)26(16)17-13-18(27)21(29)23-20(17)28/h3,5,7,15,17-18,27H,8-13H2,1-2H3,(H,23,28,29). The molecule has 9 heteroatoms. The number of aliphatic hydroxyl groups excluding tert-OH is 1. The fourth-order valence-electron chi connectivity index (χ4n) is 4.22. The van der Waals surface area contributed by atoms with E-state index in [0.29, 0.717) is 23.2 Å². The van der Waals surface area contributed by atoms with Crippen molar-refractivity contribution >= 4 is 22.8 Å². The van der Waals surface area contributed by atoms with Gasteiger partial charge in [-0.15, -0.1) is 0 Å². The molecule has 31 heavy (non-hydrogen) atoms. The highest BCUT2D eigenvalue weighted by Crippen LogP contribution is 2.24. The number of hydrogen-bond donors (Lipinski definition) is 2. The molecule has 2 aliphatic rings. The number of ether oxygens (including phenoxy) is 1. The molecule has 0 radical (unpaired) electrons. The number of nitrogens with zero attached hydrogens (tertiary/aromatic N) is 3. The molecule has 2 aliphatic heterocycles. The Labute approximate surface area is 179 Å². The molecule has 2 amide bonds. The van der Waals surface area contributed by atoms with E-state index < -0.39 is 29.6 Å². The van der Waals surface area contributed by atoms with E-state index in [1.807, 2.05) is 6.07 Å². The van der Waals surface area contributed by atoms with Crippen molar-refractivity contribution in [1.29, 1.82) is 0 Å². The van der Waals surface area contributed by atoms with Crippen LogP contribution < -0.4 is 11.0 Å².